The number of piperazine rings is 1. The van der Waals surface area contributed by atoms with Crippen LogP contribution < -0.4 is 5.32 Å². The lowest BCUT2D eigenvalue weighted by molar-refractivity contribution is -0.135. The number of likely N-dealkylation sites (N-methyl/N-ethyl adjacent to an activating group) is 2. The molecule has 0 saturated carbocycles. The van der Waals surface area contributed by atoms with Crippen LogP contribution in [0.1, 0.15) is 11.1 Å². The Morgan fingerprint density at radius 1 is 1.12 bits per heavy atom. The molecule has 1 aliphatic rings. The Balaban J connectivity index is 0.00000312. The third-order valence-electron chi connectivity index (χ3n) is 4.37. The van der Waals surface area contributed by atoms with Crippen LogP contribution >= 0.6 is 12.4 Å². The first-order valence-electron chi connectivity index (χ1n) is 8.43. The Morgan fingerprint density at radius 2 is 1.76 bits per heavy atom. The van der Waals surface area contributed by atoms with Crippen LogP contribution in [0.2, 0.25) is 0 Å². The van der Waals surface area contributed by atoms with Gasteiger partial charge in [0.1, 0.15) is 0 Å². The van der Waals surface area contributed by atoms with Gasteiger partial charge in [-0.05, 0) is 25.1 Å². The van der Waals surface area contributed by atoms with Crippen molar-refractivity contribution in [1.29, 1.82) is 0 Å². The van der Waals surface area contributed by atoms with Crippen LogP contribution in [0.4, 0.5) is 0 Å². The van der Waals surface area contributed by atoms with E-state index in [9.17, 15) is 9.59 Å². The molecule has 0 unspecified atom stereocenters. The van der Waals surface area contributed by atoms with Gasteiger partial charge in [-0.25, -0.2) is 0 Å². The fourth-order valence-electron chi connectivity index (χ4n) is 2.78. The lowest BCUT2D eigenvalue weighted by Gasteiger charge is -2.29. The Hall–Kier alpha value is -1.63. The maximum absolute atomic E-state index is 12.4. The average Bonchev–Trinajstić information content (AvgIpc) is 2.57. The molecule has 0 radical (unpaired) electrons. The summed E-state index contributed by atoms with van der Waals surface area (Å²) in [4.78, 5) is 30.0. The summed E-state index contributed by atoms with van der Waals surface area (Å²) >= 11 is 0. The Morgan fingerprint density at radius 3 is 2.40 bits per heavy atom. The molecule has 6 nitrogen and oxygen atoms in total. The SMILES string of the molecule is Cc1ccccc1CN(C)C(=O)CN(C)CC(=O)N1CCNCC1.Cl. The Kier molecular flexibility index (Phi) is 8.89. The monoisotopic (exact) mass is 368 g/mol. The van der Waals surface area contributed by atoms with Crippen LogP contribution in [0, 0.1) is 6.92 Å². The lowest BCUT2D eigenvalue weighted by atomic mass is 10.1. The first kappa shape index (κ1) is 21.4. The Bertz CT molecular complexity index is 576. The van der Waals surface area contributed by atoms with Crippen LogP contribution in [0.5, 0.6) is 0 Å². The van der Waals surface area contributed by atoms with E-state index in [1.54, 1.807) is 16.8 Å². The molecule has 0 spiro atoms. The minimum absolute atomic E-state index is 0. The lowest BCUT2D eigenvalue weighted by Crippen LogP contribution is -2.50. The summed E-state index contributed by atoms with van der Waals surface area (Å²) < 4.78 is 0. The first-order chi connectivity index (χ1) is 11.5. The first-order valence-corrected chi connectivity index (χ1v) is 8.43. The predicted molar refractivity (Wildman–Crippen MR) is 102 cm³/mol. The molecule has 1 aromatic rings. The molecule has 7 heteroatoms. The third kappa shape index (κ3) is 6.65. The second-order valence-corrected chi connectivity index (χ2v) is 6.48. The van der Waals surface area contributed by atoms with Crippen molar-refractivity contribution in [2.75, 3.05) is 53.4 Å². The number of carbonyl (C=O) groups excluding carboxylic acids is 2. The summed E-state index contributed by atoms with van der Waals surface area (Å²) in [6.07, 6.45) is 0. The van der Waals surface area contributed by atoms with Crippen molar-refractivity contribution in [3.05, 3.63) is 35.4 Å². The molecular weight excluding hydrogens is 340 g/mol. The van der Waals surface area contributed by atoms with E-state index in [0.717, 1.165) is 31.7 Å². The highest BCUT2D eigenvalue weighted by Gasteiger charge is 2.19. The molecule has 1 fully saturated rings. The van der Waals surface area contributed by atoms with E-state index in [1.807, 2.05) is 43.1 Å². The molecule has 0 bridgehead atoms. The minimum Gasteiger partial charge on any atom is -0.340 e. The number of hydrogen-bond acceptors (Lipinski definition) is 4. The Labute approximate surface area is 156 Å². The van der Waals surface area contributed by atoms with E-state index >= 15 is 0 Å². The zero-order chi connectivity index (χ0) is 17.5. The molecular formula is C18H29ClN4O2. The summed E-state index contributed by atoms with van der Waals surface area (Å²) in [5, 5.41) is 3.23. The summed E-state index contributed by atoms with van der Waals surface area (Å²) in [5.74, 6) is 0.113. The largest absolute Gasteiger partial charge is 0.340 e. The number of halogens is 1. The summed E-state index contributed by atoms with van der Waals surface area (Å²) in [5.41, 5.74) is 2.33. The highest BCUT2D eigenvalue weighted by Crippen LogP contribution is 2.09. The van der Waals surface area contributed by atoms with Crippen molar-refractivity contribution in [3.63, 3.8) is 0 Å². The molecule has 2 amide bonds. The molecule has 1 aromatic carbocycles. The maximum Gasteiger partial charge on any atom is 0.236 e. The maximum atomic E-state index is 12.4. The number of carbonyl (C=O) groups is 2. The molecule has 0 aromatic heterocycles. The van der Waals surface area contributed by atoms with Gasteiger partial charge in [-0.1, -0.05) is 24.3 Å². The number of benzene rings is 1. The van der Waals surface area contributed by atoms with Crippen LogP contribution in [0.15, 0.2) is 24.3 Å². The van der Waals surface area contributed by atoms with E-state index in [1.165, 1.54) is 5.56 Å². The van der Waals surface area contributed by atoms with E-state index in [2.05, 4.69) is 5.32 Å². The highest BCUT2D eigenvalue weighted by molar-refractivity contribution is 5.85. The van der Waals surface area contributed by atoms with Gasteiger partial charge in [0.25, 0.3) is 0 Å². The summed E-state index contributed by atoms with van der Waals surface area (Å²) in [6, 6.07) is 8.07. The van der Waals surface area contributed by atoms with E-state index in [4.69, 9.17) is 0 Å². The normalized spacial score (nSPS) is 14.2. The van der Waals surface area contributed by atoms with Crippen LogP contribution in [0.3, 0.4) is 0 Å². The fourth-order valence-corrected chi connectivity index (χ4v) is 2.78. The minimum atomic E-state index is 0. The van der Waals surface area contributed by atoms with Gasteiger partial charge < -0.3 is 15.1 Å². The van der Waals surface area contributed by atoms with Crippen molar-refractivity contribution in [1.82, 2.24) is 20.0 Å². The highest BCUT2D eigenvalue weighted by atomic mass is 35.5. The predicted octanol–water partition coefficient (Wildman–Crippen LogP) is 0.739. The fraction of sp³-hybridized carbons (Fsp3) is 0.556. The van der Waals surface area contributed by atoms with Crippen LogP contribution in [-0.4, -0.2) is 79.9 Å². The molecule has 0 aliphatic carbocycles. The van der Waals surface area contributed by atoms with Gasteiger partial charge >= 0.3 is 0 Å². The van der Waals surface area contributed by atoms with Gasteiger partial charge in [0.2, 0.25) is 11.8 Å². The molecule has 0 atom stereocenters. The van der Waals surface area contributed by atoms with Crippen molar-refractivity contribution >= 4 is 24.2 Å². The van der Waals surface area contributed by atoms with Crippen molar-refractivity contribution in [3.8, 4) is 0 Å². The van der Waals surface area contributed by atoms with Crippen LogP contribution in [-0.2, 0) is 16.1 Å². The van der Waals surface area contributed by atoms with Gasteiger partial charge in [-0.2, -0.15) is 0 Å². The number of aryl methyl sites for hydroxylation is 1. The molecule has 2 rings (SSSR count). The van der Waals surface area contributed by atoms with E-state index < -0.39 is 0 Å². The average molecular weight is 369 g/mol. The number of rotatable bonds is 6. The van der Waals surface area contributed by atoms with Gasteiger partial charge in [-0.3, -0.25) is 14.5 Å². The number of nitrogens with one attached hydrogen (secondary N) is 1. The topological polar surface area (TPSA) is 55.9 Å². The second-order valence-electron chi connectivity index (χ2n) is 6.48. The smallest absolute Gasteiger partial charge is 0.236 e. The van der Waals surface area contributed by atoms with Crippen molar-refractivity contribution in [2.24, 2.45) is 0 Å². The van der Waals surface area contributed by atoms with E-state index in [-0.39, 0.29) is 37.3 Å². The molecule has 1 aliphatic heterocycles. The molecule has 140 valence electrons. The van der Waals surface area contributed by atoms with Gasteiger partial charge in [0.15, 0.2) is 0 Å². The summed E-state index contributed by atoms with van der Waals surface area (Å²) in [6.45, 7) is 6.34. The zero-order valence-electron chi connectivity index (χ0n) is 15.3. The number of amides is 2. The quantitative estimate of drug-likeness (QED) is 0.804. The van der Waals surface area contributed by atoms with E-state index in [0.29, 0.717) is 6.54 Å². The molecule has 1 N–H and O–H groups in total. The van der Waals surface area contributed by atoms with Gasteiger partial charge in [-0.15, -0.1) is 12.4 Å². The van der Waals surface area contributed by atoms with Crippen LogP contribution in [0.25, 0.3) is 0 Å². The number of hydrogen-bond donors (Lipinski definition) is 1. The van der Waals surface area contributed by atoms with Crippen molar-refractivity contribution in [2.45, 2.75) is 13.5 Å². The van der Waals surface area contributed by atoms with Gasteiger partial charge in [0.05, 0.1) is 13.1 Å². The third-order valence-corrected chi connectivity index (χ3v) is 4.37. The standard InChI is InChI=1S/C18H28N4O2.ClH/c1-15-6-4-5-7-16(15)12-21(3)17(23)13-20(2)14-18(24)22-10-8-19-9-11-22;/h4-7,19H,8-14H2,1-3H3;1H. The number of nitrogens with zero attached hydrogens (tertiary/aromatic N) is 3. The van der Waals surface area contributed by atoms with Gasteiger partial charge in [0, 0.05) is 39.8 Å². The zero-order valence-corrected chi connectivity index (χ0v) is 16.1. The summed E-state index contributed by atoms with van der Waals surface area (Å²) in [7, 11) is 3.63. The molecule has 25 heavy (non-hydrogen) atoms. The molecule has 1 saturated heterocycles. The molecule has 1 heterocycles. The second kappa shape index (κ2) is 10.4. The van der Waals surface area contributed by atoms with Crippen molar-refractivity contribution < 1.29 is 9.59 Å².